The van der Waals surface area contributed by atoms with Gasteiger partial charge in [0.05, 0.1) is 4.88 Å². The zero-order chi connectivity index (χ0) is 14.2. The average Bonchev–Trinajstić information content (AvgIpc) is 2.81. The number of carbonyl (C=O) groups excluding carboxylic acids is 3. The van der Waals surface area contributed by atoms with Crippen LogP contribution >= 0.6 is 11.3 Å². The average molecular weight is 280 g/mol. The van der Waals surface area contributed by atoms with Crippen LogP contribution in [-0.2, 0) is 16.0 Å². The van der Waals surface area contributed by atoms with Crippen molar-refractivity contribution in [1.82, 2.24) is 10.2 Å². The van der Waals surface area contributed by atoms with Crippen molar-refractivity contribution in [3.8, 4) is 0 Å². The molecule has 0 saturated carbocycles. The number of nitrogens with one attached hydrogen (secondary N) is 1. The van der Waals surface area contributed by atoms with E-state index in [9.17, 15) is 14.4 Å². The fourth-order valence-electron chi connectivity index (χ4n) is 2.03. The highest BCUT2D eigenvalue weighted by Crippen LogP contribution is 2.25. The van der Waals surface area contributed by atoms with Crippen molar-refractivity contribution < 1.29 is 14.4 Å². The minimum Gasteiger partial charge on any atom is -0.314 e. The number of aryl methyl sites for hydroxylation is 1. The summed E-state index contributed by atoms with van der Waals surface area (Å²) >= 11 is 1.34. The zero-order valence-corrected chi connectivity index (χ0v) is 12.0. The molecule has 2 rings (SSSR count). The molecule has 2 heterocycles. The van der Waals surface area contributed by atoms with Crippen LogP contribution in [0.15, 0.2) is 11.4 Å². The molecule has 5 nitrogen and oxygen atoms in total. The fraction of sp³-hybridized carbons (Fsp3) is 0.462. The molecule has 0 atom stereocenters. The van der Waals surface area contributed by atoms with Gasteiger partial charge in [-0.3, -0.25) is 19.7 Å². The highest BCUT2D eigenvalue weighted by Gasteiger charge is 2.44. The molecule has 0 aromatic carbocycles. The van der Waals surface area contributed by atoms with Gasteiger partial charge < -0.3 is 4.90 Å². The summed E-state index contributed by atoms with van der Waals surface area (Å²) in [6, 6.07) is 1.90. The topological polar surface area (TPSA) is 66.5 Å². The number of nitrogens with zero attached hydrogens (tertiary/aromatic N) is 1. The van der Waals surface area contributed by atoms with Crippen LogP contribution < -0.4 is 5.32 Å². The molecule has 1 aliphatic rings. The normalized spacial score (nSPS) is 18.4. The lowest BCUT2D eigenvalue weighted by atomic mass is 9.98. The van der Waals surface area contributed by atoms with Crippen molar-refractivity contribution >= 4 is 29.1 Å². The summed E-state index contributed by atoms with van der Waals surface area (Å²) in [5.74, 6) is -1.13. The molecular weight excluding hydrogens is 264 g/mol. The zero-order valence-electron chi connectivity index (χ0n) is 11.1. The molecular formula is C13H16N2O3S. The molecule has 1 aliphatic heterocycles. The van der Waals surface area contributed by atoms with Crippen LogP contribution in [0.5, 0.6) is 0 Å². The lowest BCUT2D eigenvalue weighted by molar-refractivity contribution is -0.143. The summed E-state index contributed by atoms with van der Waals surface area (Å²) in [4.78, 5) is 37.8. The minimum absolute atomic E-state index is 0.0847. The van der Waals surface area contributed by atoms with Crippen LogP contribution in [0.4, 0.5) is 0 Å². The minimum atomic E-state index is -1.01. The van der Waals surface area contributed by atoms with Crippen LogP contribution in [0.2, 0.25) is 0 Å². The van der Waals surface area contributed by atoms with Gasteiger partial charge in [0.1, 0.15) is 12.1 Å². The summed E-state index contributed by atoms with van der Waals surface area (Å²) in [6.45, 7) is 5.18. The third-order valence-electron chi connectivity index (χ3n) is 3.35. The van der Waals surface area contributed by atoms with Gasteiger partial charge >= 0.3 is 0 Å². The van der Waals surface area contributed by atoms with E-state index in [1.54, 1.807) is 13.8 Å². The first-order chi connectivity index (χ1) is 8.87. The number of imide groups is 1. The third-order valence-corrected chi connectivity index (χ3v) is 4.30. The van der Waals surface area contributed by atoms with Gasteiger partial charge in [-0.05, 0) is 37.3 Å². The van der Waals surface area contributed by atoms with Gasteiger partial charge in [0.15, 0.2) is 0 Å². The molecule has 3 amide bonds. The van der Waals surface area contributed by atoms with Crippen molar-refractivity contribution in [3.63, 3.8) is 0 Å². The Morgan fingerprint density at radius 1 is 1.47 bits per heavy atom. The van der Waals surface area contributed by atoms with Crippen molar-refractivity contribution in [2.45, 2.75) is 32.7 Å². The first kappa shape index (κ1) is 13.7. The van der Waals surface area contributed by atoms with Crippen LogP contribution in [0.25, 0.3) is 0 Å². The van der Waals surface area contributed by atoms with Crippen LogP contribution in [-0.4, -0.2) is 34.7 Å². The molecule has 1 aromatic heterocycles. The van der Waals surface area contributed by atoms with E-state index in [-0.39, 0.29) is 12.5 Å². The number of carbonyl (C=O) groups is 3. The Morgan fingerprint density at radius 3 is 2.79 bits per heavy atom. The number of hydrogen-bond donors (Lipinski definition) is 1. The highest BCUT2D eigenvalue weighted by atomic mass is 32.1. The Kier molecular flexibility index (Phi) is 3.45. The van der Waals surface area contributed by atoms with Gasteiger partial charge in [0, 0.05) is 0 Å². The Labute approximate surface area is 115 Å². The number of rotatable bonds is 2. The fourth-order valence-corrected chi connectivity index (χ4v) is 2.98. The largest absolute Gasteiger partial charge is 0.314 e. The van der Waals surface area contributed by atoms with E-state index >= 15 is 0 Å². The number of hydrogen-bond acceptors (Lipinski definition) is 4. The molecule has 102 valence electrons. The molecule has 1 saturated heterocycles. The molecule has 0 spiro atoms. The highest BCUT2D eigenvalue weighted by molar-refractivity contribution is 7.12. The molecule has 1 aromatic rings. The lowest BCUT2D eigenvalue weighted by Gasteiger charge is -2.40. The van der Waals surface area contributed by atoms with Crippen molar-refractivity contribution in [2.75, 3.05) is 6.54 Å². The predicted octanol–water partition coefficient (Wildman–Crippen LogP) is 1.19. The molecule has 0 aliphatic carbocycles. The smallest absolute Gasteiger partial charge is 0.265 e. The van der Waals surface area contributed by atoms with Crippen molar-refractivity contribution in [3.05, 3.63) is 21.9 Å². The molecule has 19 heavy (non-hydrogen) atoms. The maximum Gasteiger partial charge on any atom is 0.265 e. The molecule has 6 heteroatoms. The van der Waals surface area contributed by atoms with E-state index in [0.717, 1.165) is 12.0 Å². The van der Waals surface area contributed by atoms with E-state index in [1.807, 2.05) is 18.4 Å². The maximum absolute atomic E-state index is 12.6. The third kappa shape index (κ3) is 2.28. The van der Waals surface area contributed by atoms with Crippen molar-refractivity contribution in [2.24, 2.45) is 0 Å². The summed E-state index contributed by atoms with van der Waals surface area (Å²) in [5.41, 5.74) is -0.0655. The second kappa shape index (κ2) is 4.77. The second-order valence-electron chi connectivity index (χ2n) is 4.96. The number of piperazine rings is 1. The SMILES string of the molecule is CCc1ccsc1C(=O)N1CC(=O)NC(=O)C1(C)C. The van der Waals surface area contributed by atoms with Gasteiger partial charge in [-0.25, -0.2) is 0 Å². The van der Waals surface area contributed by atoms with Crippen LogP contribution in [0.1, 0.15) is 36.0 Å². The van der Waals surface area contributed by atoms with E-state index in [1.165, 1.54) is 16.2 Å². The quantitative estimate of drug-likeness (QED) is 0.827. The number of thiophene rings is 1. The van der Waals surface area contributed by atoms with Gasteiger partial charge in [0.25, 0.3) is 11.8 Å². The Bertz CT molecular complexity index is 548. The molecule has 0 radical (unpaired) electrons. The first-order valence-corrected chi connectivity index (χ1v) is 6.98. The molecule has 0 unspecified atom stereocenters. The summed E-state index contributed by atoms with van der Waals surface area (Å²) < 4.78 is 0. The molecule has 0 bridgehead atoms. The monoisotopic (exact) mass is 280 g/mol. The maximum atomic E-state index is 12.6. The van der Waals surface area contributed by atoms with Gasteiger partial charge in [0.2, 0.25) is 5.91 Å². The summed E-state index contributed by atoms with van der Waals surface area (Å²) in [6.07, 6.45) is 0.749. The van der Waals surface area contributed by atoms with E-state index < -0.39 is 17.4 Å². The van der Waals surface area contributed by atoms with Crippen LogP contribution in [0, 0.1) is 0 Å². The van der Waals surface area contributed by atoms with Gasteiger partial charge in [-0.15, -0.1) is 11.3 Å². The number of amides is 3. The Morgan fingerprint density at radius 2 is 2.16 bits per heavy atom. The summed E-state index contributed by atoms with van der Waals surface area (Å²) in [5, 5.41) is 4.11. The Balaban J connectivity index is 2.36. The second-order valence-corrected chi connectivity index (χ2v) is 5.87. The van der Waals surface area contributed by atoms with Crippen molar-refractivity contribution in [1.29, 1.82) is 0 Å². The predicted molar refractivity (Wildman–Crippen MR) is 72.0 cm³/mol. The molecule has 1 N–H and O–H groups in total. The van der Waals surface area contributed by atoms with Gasteiger partial charge in [-0.1, -0.05) is 6.92 Å². The van der Waals surface area contributed by atoms with E-state index in [2.05, 4.69) is 5.32 Å². The lowest BCUT2D eigenvalue weighted by Crippen LogP contribution is -2.65. The first-order valence-electron chi connectivity index (χ1n) is 6.10. The van der Waals surface area contributed by atoms with Crippen LogP contribution in [0.3, 0.4) is 0 Å². The van der Waals surface area contributed by atoms with E-state index in [4.69, 9.17) is 0 Å². The summed E-state index contributed by atoms with van der Waals surface area (Å²) in [7, 11) is 0. The van der Waals surface area contributed by atoms with Gasteiger partial charge in [-0.2, -0.15) is 0 Å². The Hall–Kier alpha value is -1.69. The van der Waals surface area contributed by atoms with E-state index in [0.29, 0.717) is 4.88 Å². The standard InChI is InChI=1S/C13H16N2O3S/c1-4-8-5-6-19-10(8)11(17)15-7-9(16)14-12(18)13(15,2)3/h5-6H,4,7H2,1-3H3,(H,14,16,18). The molecule has 1 fully saturated rings.